The van der Waals surface area contributed by atoms with Gasteiger partial charge in [-0.25, -0.2) is 4.98 Å². The Morgan fingerprint density at radius 1 is 1.89 bits per heavy atom. The molecule has 0 aliphatic carbocycles. The fourth-order valence-corrected chi connectivity index (χ4v) is 0.900. The van der Waals surface area contributed by atoms with Gasteiger partial charge in [0.2, 0.25) is 0 Å². The SMILES string of the molecule is Cc1[nH]cnc1C1CO1. The van der Waals surface area contributed by atoms with E-state index >= 15 is 0 Å². The van der Waals surface area contributed by atoms with E-state index in [-0.39, 0.29) is 6.10 Å². The molecule has 48 valence electrons. The van der Waals surface area contributed by atoms with E-state index in [1.165, 1.54) is 0 Å². The van der Waals surface area contributed by atoms with Crippen LogP contribution < -0.4 is 0 Å². The van der Waals surface area contributed by atoms with Crippen molar-refractivity contribution in [3.63, 3.8) is 0 Å². The third-order valence-electron chi connectivity index (χ3n) is 1.51. The van der Waals surface area contributed by atoms with Crippen LogP contribution in [0.4, 0.5) is 0 Å². The van der Waals surface area contributed by atoms with E-state index < -0.39 is 0 Å². The summed E-state index contributed by atoms with van der Waals surface area (Å²) in [5, 5.41) is 0. The third-order valence-corrected chi connectivity index (χ3v) is 1.51. The lowest BCUT2D eigenvalue weighted by Crippen LogP contribution is -1.82. The van der Waals surface area contributed by atoms with Crippen molar-refractivity contribution >= 4 is 0 Å². The summed E-state index contributed by atoms with van der Waals surface area (Å²) >= 11 is 0. The molecule has 3 heteroatoms. The lowest BCUT2D eigenvalue weighted by Gasteiger charge is -1.86. The first-order chi connectivity index (χ1) is 4.38. The van der Waals surface area contributed by atoms with Crippen LogP contribution in [0.5, 0.6) is 0 Å². The molecule has 0 aromatic carbocycles. The van der Waals surface area contributed by atoms with E-state index in [0.717, 1.165) is 18.0 Å². The Bertz CT molecular complexity index is 215. The molecular formula is C6H8N2O. The zero-order valence-corrected chi connectivity index (χ0v) is 5.22. The summed E-state index contributed by atoms with van der Waals surface area (Å²) < 4.78 is 5.05. The predicted octanol–water partition coefficient (Wildman–Crippen LogP) is 0.789. The van der Waals surface area contributed by atoms with Crippen LogP contribution >= 0.6 is 0 Å². The Kier molecular flexibility index (Phi) is 0.873. The van der Waals surface area contributed by atoms with Crippen LogP contribution in [0.2, 0.25) is 0 Å². The highest BCUT2D eigenvalue weighted by molar-refractivity contribution is 5.14. The zero-order valence-electron chi connectivity index (χ0n) is 5.22. The third kappa shape index (κ3) is 0.733. The molecule has 2 rings (SSSR count). The average molecular weight is 124 g/mol. The first-order valence-corrected chi connectivity index (χ1v) is 2.99. The molecule has 0 radical (unpaired) electrons. The van der Waals surface area contributed by atoms with Gasteiger partial charge in [0.1, 0.15) is 6.10 Å². The Labute approximate surface area is 53.1 Å². The molecule has 1 aromatic heterocycles. The molecule has 1 N–H and O–H groups in total. The molecule has 0 amide bonds. The van der Waals surface area contributed by atoms with Crippen LogP contribution in [0, 0.1) is 6.92 Å². The van der Waals surface area contributed by atoms with Crippen LogP contribution in [0.3, 0.4) is 0 Å². The molecule has 1 fully saturated rings. The maximum Gasteiger partial charge on any atom is 0.125 e. The molecule has 9 heavy (non-hydrogen) atoms. The highest BCUT2D eigenvalue weighted by atomic mass is 16.6. The minimum absolute atomic E-state index is 0.288. The van der Waals surface area contributed by atoms with Gasteiger partial charge in [0, 0.05) is 5.69 Å². The first-order valence-electron chi connectivity index (χ1n) is 2.99. The van der Waals surface area contributed by atoms with Crippen molar-refractivity contribution in [2.24, 2.45) is 0 Å². The summed E-state index contributed by atoms with van der Waals surface area (Å²) in [4.78, 5) is 7.10. The number of aromatic amines is 1. The summed E-state index contributed by atoms with van der Waals surface area (Å²) in [7, 11) is 0. The highest BCUT2D eigenvalue weighted by Gasteiger charge is 2.28. The van der Waals surface area contributed by atoms with Crippen LogP contribution in [-0.4, -0.2) is 16.6 Å². The smallest absolute Gasteiger partial charge is 0.125 e. The van der Waals surface area contributed by atoms with Crippen LogP contribution in [-0.2, 0) is 4.74 Å². The second-order valence-corrected chi connectivity index (χ2v) is 2.23. The van der Waals surface area contributed by atoms with Gasteiger partial charge in [-0.05, 0) is 6.92 Å². The minimum atomic E-state index is 0.288. The molecule has 0 saturated carbocycles. The van der Waals surface area contributed by atoms with Crippen molar-refractivity contribution in [1.82, 2.24) is 9.97 Å². The molecule has 0 bridgehead atoms. The number of epoxide rings is 1. The van der Waals surface area contributed by atoms with Gasteiger partial charge in [-0.3, -0.25) is 0 Å². The maximum absolute atomic E-state index is 5.05. The van der Waals surface area contributed by atoms with E-state index in [0.29, 0.717) is 0 Å². The number of rotatable bonds is 1. The lowest BCUT2D eigenvalue weighted by atomic mass is 10.3. The van der Waals surface area contributed by atoms with Crippen molar-refractivity contribution in [3.8, 4) is 0 Å². The molecule has 1 aliphatic heterocycles. The van der Waals surface area contributed by atoms with Crippen molar-refractivity contribution in [2.75, 3.05) is 6.61 Å². The quantitative estimate of drug-likeness (QED) is 0.562. The Balaban J connectivity index is 2.35. The van der Waals surface area contributed by atoms with Crippen molar-refractivity contribution < 1.29 is 4.74 Å². The number of H-pyrrole nitrogens is 1. The van der Waals surface area contributed by atoms with Gasteiger partial charge in [-0.2, -0.15) is 0 Å². The minimum Gasteiger partial charge on any atom is -0.366 e. The molecule has 1 unspecified atom stereocenters. The van der Waals surface area contributed by atoms with Crippen LogP contribution in [0.1, 0.15) is 17.5 Å². The zero-order chi connectivity index (χ0) is 6.27. The number of hydrogen-bond acceptors (Lipinski definition) is 2. The number of nitrogens with zero attached hydrogens (tertiary/aromatic N) is 1. The van der Waals surface area contributed by atoms with Crippen LogP contribution in [0.15, 0.2) is 6.33 Å². The van der Waals surface area contributed by atoms with Crippen molar-refractivity contribution in [1.29, 1.82) is 0 Å². The molecular weight excluding hydrogens is 116 g/mol. The molecule has 1 saturated heterocycles. The molecule has 3 nitrogen and oxygen atoms in total. The number of aryl methyl sites for hydroxylation is 1. The van der Waals surface area contributed by atoms with E-state index in [2.05, 4.69) is 9.97 Å². The van der Waals surface area contributed by atoms with Gasteiger partial charge in [-0.1, -0.05) is 0 Å². The van der Waals surface area contributed by atoms with E-state index in [1.807, 2.05) is 6.92 Å². The normalized spacial score (nSPS) is 24.3. The second-order valence-electron chi connectivity index (χ2n) is 2.23. The van der Waals surface area contributed by atoms with Gasteiger partial charge < -0.3 is 9.72 Å². The Morgan fingerprint density at radius 3 is 3.11 bits per heavy atom. The molecule has 1 aromatic rings. The summed E-state index contributed by atoms with van der Waals surface area (Å²) in [6.45, 7) is 2.84. The predicted molar refractivity (Wildman–Crippen MR) is 32.0 cm³/mol. The number of hydrogen-bond donors (Lipinski definition) is 1. The van der Waals surface area contributed by atoms with E-state index in [9.17, 15) is 0 Å². The summed E-state index contributed by atoms with van der Waals surface area (Å²) in [5.74, 6) is 0. The average Bonchev–Trinajstić information content (AvgIpc) is 2.58. The van der Waals surface area contributed by atoms with E-state index in [4.69, 9.17) is 4.74 Å². The number of imidazole rings is 1. The molecule has 0 spiro atoms. The standard InChI is InChI=1S/C6H8N2O/c1-4-6(5-2-9-5)8-3-7-4/h3,5H,2H2,1H3,(H,7,8). The first kappa shape index (κ1) is 4.99. The molecule has 1 aliphatic rings. The second kappa shape index (κ2) is 1.57. The van der Waals surface area contributed by atoms with Gasteiger partial charge in [0.25, 0.3) is 0 Å². The Hall–Kier alpha value is -0.830. The fourth-order valence-electron chi connectivity index (χ4n) is 0.900. The number of aromatic nitrogens is 2. The number of ether oxygens (including phenoxy) is 1. The van der Waals surface area contributed by atoms with Gasteiger partial charge >= 0.3 is 0 Å². The van der Waals surface area contributed by atoms with Gasteiger partial charge in [0.05, 0.1) is 18.6 Å². The fraction of sp³-hybridized carbons (Fsp3) is 0.500. The summed E-state index contributed by atoms with van der Waals surface area (Å²) in [6.07, 6.45) is 1.99. The van der Waals surface area contributed by atoms with Crippen molar-refractivity contribution in [3.05, 3.63) is 17.7 Å². The number of nitrogens with one attached hydrogen (secondary N) is 1. The summed E-state index contributed by atoms with van der Waals surface area (Å²) in [5.41, 5.74) is 2.19. The Morgan fingerprint density at radius 2 is 2.67 bits per heavy atom. The highest BCUT2D eigenvalue weighted by Crippen LogP contribution is 2.29. The summed E-state index contributed by atoms with van der Waals surface area (Å²) in [6, 6.07) is 0. The largest absolute Gasteiger partial charge is 0.366 e. The topological polar surface area (TPSA) is 41.2 Å². The van der Waals surface area contributed by atoms with Gasteiger partial charge in [0.15, 0.2) is 0 Å². The lowest BCUT2D eigenvalue weighted by molar-refractivity contribution is 0.411. The monoisotopic (exact) mass is 124 g/mol. The van der Waals surface area contributed by atoms with E-state index in [1.54, 1.807) is 6.33 Å². The van der Waals surface area contributed by atoms with Gasteiger partial charge in [-0.15, -0.1) is 0 Å². The molecule has 1 atom stereocenters. The van der Waals surface area contributed by atoms with Crippen molar-refractivity contribution in [2.45, 2.75) is 13.0 Å². The maximum atomic E-state index is 5.05. The van der Waals surface area contributed by atoms with Crippen LogP contribution in [0.25, 0.3) is 0 Å². The molecule has 2 heterocycles.